The Balaban J connectivity index is 1.87. The number of fused-ring (bicyclic) bond motifs is 1. The van der Waals surface area contributed by atoms with Crippen LogP contribution in [-0.4, -0.2) is 9.55 Å². The van der Waals surface area contributed by atoms with Crippen LogP contribution in [-0.2, 0) is 0 Å². The second kappa shape index (κ2) is 4.67. The fourth-order valence-corrected chi connectivity index (χ4v) is 6.58. The van der Waals surface area contributed by atoms with Gasteiger partial charge in [-0.25, -0.2) is 4.98 Å². The third kappa shape index (κ3) is 1.84. The first-order chi connectivity index (χ1) is 10.6. The van der Waals surface area contributed by atoms with E-state index >= 15 is 0 Å². The summed E-state index contributed by atoms with van der Waals surface area (Å²) in [5.74, 6) is 3.43. The van der Waals surface area contributed by atoms with Crippen molar-refractivity contribution in [2.75, 3.05) is 0 Å². The zero-order valence-electron chi connectivity index (χ0n) is 12.1. The number of nitrogens with one attached hydrogen (secondary N) is 1. The van der Waals surface area contributed by atoms with Gasteiger partial charge in [0.1, 0.15) is 11.3 Å². The highest BCUT2D eigenvalue weighted by Crippen LogP contribution is 2.52. The Labute approximate surface area is 145 Å². The molecule has 1 aromatic heterocycles. The molecule has 6 rings (SSSR count). The molecule has 22 heavy (non-hydrogen) atoms. The lowest BCUT2D eigenvalue weighted by atomic mass is 9.68. The van der Waals surface area contributed by atoms with Gasteiger partial charge in [-0.1, -0.05) is 15.9 Å². The number of halogens is 2. The van der Waals surface area contributed by atoms with Gasteiger partial charge in [-0.15, -0.1) is 0 Å². The van der Waals surface area contributed by atoms with Crippen molar-refractivity contribution >= 4 is 42.8 Å². The minimum Gasteiger partial charge on any atom is -0.311 e. The topological polar surface area (TPSA) is 41.7 Å². The third-order valence-corrected chi connectivity index (χ3v) is 6.92. The number of nitrogens with zero attached hydrogens (tertiary/aromatic N) is 2. The number of benzene rings is 1. The van der Waals surface area contributed by atoms with Crippen molar-refractivity contribution in [1.82, 2.24) is 9.55 Å². The van der Waals surface area contributed by atoms with Crippen molar-refractivity contribution in [2.45, 2.75) is 44.1 Å². The van der Waals surface area contributed by atoms with Gasteiger partial charge in [0.15, 0.2) is 0 Å². The molecule has 1 N–H and O–H groups in total. The molecule has 4 aliphatic rings. The molecule has 2 aliphatic carbocycles. The predicted octanol–water partition coefficient (Wildman–Crippen LogP) is 4.89. The van der Waals surface area contributed by atoms with E-state index in [-0.39, 0.29) is 0 Å². The van der Waals surface area contributed by atoms with E-state index in [1.165, 1.54) is 37.9 Å². The molecule has 2 saturated carbocycles. The standard InChI is InChI=1S/C17H17Br2N3/c18-11-6-13(19)15-14(7-11)21-17-10-2-8-1-9(3-10)5-12(4-8)22(17)16(15)20/h6-10,12,20H,1-5H2. The van der Waals surface area contributed by atoms with Crippen LogP contribution in [0, 0.1) is 17.2 Å². The van der Waals surface area contributed by atoms with Crippen LogP contribution in [0.5, 0.6) is 0 Å². The molecule has 2 fully saturated rings. The van der Waals surface area contributed by atoms with Gasteiger partial charge in [0.25, 0.3) is 0 Å². The van der Waals surface area contributed by atoms with Crippen molar-refractivity contribution in [3.8, 4) is 0 Å². The molecule has 2 aromatic rings. The molecule has 1 aromatic carbocycles. The van der Waals surface area contributed by atoms with Crippen LogP contribution in [0.4, 0.5) is 0 Å². The van der Waals surface area contributed by atoms with Gasteiger partial charge >= 0.3 is 0 Å². The van der Waals surface area contributed by atoms with E-state index < -0.39 is 0 Å². The van der Waals surface area contributed by atoms with E-state index in [2.05, 4.69) is 42.5 Å². The lowest BCUT2D eigenvalue weighted by Gasteiger charge is -2.37. The zero-order chi connectivity index (χ0) is 15.0. The Morgan fingerprint density at radius 1 is 1.05 bits per heavy atom. The molecule has 2 aliphatic heterocycles. The lowest BCUT2D eigenvalue weighted by Crippen LogP contribution is -2.31. The van der Waals surface area contributed by atoms with E-state index in [4.69, 9.17) is 10.4 Å². The van der Waals surface area contributed by atoms with Crippen LogP contribution in [0.25, 0.3) is 10.9 Å². The summed E-state index contributed by atoms with van der Waals surface area (Å²) in [6.07, 6.45) is 6.46. The summed E-state index contributed by atoms with van der Waals surface area (Å²) in [6, 6.07) is 4.57. The van der Waals surface area contributed by atoms with Crippen molar-refractivity contribution in [1.29, 1.82) is 5.41 Å². The largest absolute Gasteiger partial charge is 0.311 e. The molecule has 0 amide bonds. The maximum atomic E-state index is 8.84. The zero-order valence-corrected chi connectivity index (χ0v) is 15.3. The Hall–Kier alpha value is -0.680. The normalized spacial score (nSPS) is 32.3. The highest BCUT2D eigenvalue weighted by molar-refractivity contribution is 9.11. The molecule has 0 radical (unpaired) electrons. The van der Waals surface area contributed by atoms with Gasteiger partial charge in [-0.05, 0) is 72.0 Å². The minimum atomic E-state index is 0.492. The molecule has 3 heterocycles. The Bertz CT molecular complexity index is 843. The fourth-order valence-electron chi connectivity index (χ4n) is 5.19. The van der Waals surface area contributed by atoms with E-state index in [9.17, 15) is 0 Å². The first-order valence-electron chi connectivity index (χ1n) is 8.06. The van der Waals surface area contributed by atoms with E-state index in [1.54, 1.807) is 0 Å². The highest BCUT2D eigenvalue weighted by atomic mass is 79.9. The summed E-state index contributed by atoms with van der Waals surface area (Å²) in [4.78, 5) is 5.04. The van der Waals surface area contributed by atoms with Crippen LogP contribution in [0.15, 0.2) is 21.1 Å². The lowest BCUT2D eigenvalue weighted by molar-refractivity contribution is 0.150. The Kier molecular flexibility index (Phi) is 2.91. The second-order valence-corrected chi connectivity index (χ2v) is 9.00. The van der Waals surface area contributed by atoms with Crippen LogP contribution in [0.1, 0.15) is 49.9 Å². The van der Waals surface area contributed by atoms with Gasteiger partial charge in [-0.3, -0.25) is 5.41 Å². The van der Waals surface area contributed by atoms with E-state index in [0.29, 0.717) is 17.4 Å². The first-order valence-corrected chi connectivity index (χ1v) is 9.64. The SMILES string of the molecule is N=c1c2c(Br)cc(Br)cc2nc2n1C1CC3CC(CC2C3)C1. The molecule has 3 nitrogen and oxygen atoms in total. The van der Waals surface area contributed by atoms with Gasteiger partial charge in [0.05, 0.1) is 10.9 Å². The maximum absolute atomic E-state index is 8.84. The van der Waals surface area contributed by atoms with Crippen molar-refractivity contribution in [2.24, 2.45) is 11.8 Å². The molecular weight excluding hydrogens is 406 g/mol. The van der Waals surface area contributed by atoms with Gasteiger partial charge in [0, 0.05) is 20.9 Å². The quantitative estimate of drug-likeness (QED) is 0.645. The summed E-state index contributed by atoms with van der Waals surface area (Å²) in [5.41, 5.74) is 1.59. The summed E-state index contributed by atoms with van der Waals surface area (Å²) >= 11 is 7.19. The Morgan fingerprint density at radius 2 is 1.77 bits per heavy atom. The summed E-state index contributed by atoms with van der Waals surface area (Å²) in [7, 11) is 0. The molecule has 114 valence electrons. The van der Waals surface area contributed by atoms with Crippen molar-refractivity contribution in [3.05, 3.63) is 32.4 Å². The van der Waals surface area contributed by atoms with Crippen molar-refractivity contribution in [3.63, 3.8) is 0 Å². The number of aromatic nitrogens is 2. The molecule has 2 atom stereocenters. The third-order valence-electron chi connectivity index (χ3n) is 5.84. The summed E-state index contributed by atoms with van der Waals surface area (Å²) in [6.45, 7) is 0. The number of hydrogen-bond acceptors (Lipinski definition) is 2. The predicted molar refractivity (Wildman–Crippen MR) is 92.8 cm³/mol. The van der Waals surface area contributed by atoms with E-state index in [1.807, 2.05) is 6.07 Å². The molecule has 2 unspecified atom stereocenters. The molecular formula is C17H17Br2N3. The van der Waals surface area contributed by atoms with Gasteiger partial charge in [0.2, 0.25) is 0 Å². The summed E-state index contributed by atoms with van der Waals surface area (Å²) < 4.78 is 4.27. The molecule has 5 heteroatoms. The van der Waals surface area contributed by atoms with Gasteiger partial charge < -0.3 is 4.57 Å². The fraction of sp³-hybridized carbons (Fsp3) is 0.529. The number of rotatable bonds is 0. The molecule has 0 saturated heterocycles. The first kappa shape index (κ1) is 13.7. The monoisotopic (exact) mass is 421 g/mol. The summed E-state index contributed by atoms with van der Waals surface area (Å²) in [5, 5.41) is 9.79. The molecule has 4 bridgehead atoms. The second-order valence-electron chi connectivity index (χ2n) is 7.23. The van der Waals surface area contributed by atoms with Crippen LogP contribution in [0.2, 0.25) is 0 Å². The Morgan fingerprint density at radius 3 is 2.50 bits per heavy atom. The maximum Gasteiger partial charge on any atom is 0.137 e. The van der Waals surface area contributed by atoms with Crippen LogP contribution >= 0.6 is 31.9 Å². The molecule has 0 spiro atoms. The smallest absolute Gasteiger partial charge is 0.137 e. The number of hydrogen-bond donors (Lipinski definition) is 1. The highest BCUT2D eigenvalue weighted by Gasteiger charge is 2.43. The average Bonchev–Trinajstić information content (AvgIpc) is 2.60. The van der Waals surface area contributed by atoms with Gasteiger partial charge in [-0.2, -0.15) is 0 Å². The van der Waals surface area contributed by atoms with E-state index in [0.717, 1.165) is 31.7 Å². The minimum absolute atomic E-state index is 0.492. The van der Waals surface area contributed by atoms with Crippen LogP contribution < -0.4 is 5.49 Å². The van der Waals surface area contributed by atoms with Crippen LogP contribution in [0.3, 0.4) is 0 Å². The van der Waals surface area contributed by atoms with Crippen molar-refractivity contribution < 1.29 is 0 Å². The average molecular weight is 423 g/mol.